The molecule has 0 heterocycles. The van der Waals surface area contributed by atoms with Crippen molar-refractivity contribution >= 4 is 12.6 Å². The van der Waals surface area contributed by atoms with E-state index in [1.165, 1.54) is 38.5 Å². The Morgan fingerprint density at radius 3 is 2.48 bits per heavy atom. The lowest BCUT2D eigenvalue weighted by molar-refractivity contribution is 0.144. The van der Waals surface area contributed by atoms with Crippen molar-refractivity contribution in [1.29, 1.82) is 5.26 Å². The van der Waals surface area contributed by atoms with Crippen LogP contribution >= 0.6 is 12.6 Å². The van der Waals surface area contributed by atoms with Crippen LogP contribution in [0.2, 0.25) is 0 Å². The van der Waals surface area contributed by atoms with Crippen LogP contribution < -0.4 is 9.47 Å². The van der Waals surface area contributed by atoms with E-state index >= 15 is 0 Å². The van der Waals surface area contributed by atoms with E-state index in [-0.39, 0.29) is 5.41 Å². The van der Waals surface area contributed by atoms with Crippen molar-refractivity contribution in [3.05, 3.63) is 23.8 Å². The second-order valence-corrected chi connectivity index (χ2v) is 6.15. The van der Waals surface area contributed by atoms with Gasteiger partial charge in [-0.25, -0.2) is 0 Å². The zero-order valence-corrected chi connectivity index (χ0v) is 13.5. The minimum Gasteiger partial charge on any atom is -0.493 e. The second kappa shape index (κ2) is 7.61. The van der Waals surface area contributed by atoms with Crippen molar-refractivity contribution in [1.82, 2.24) is 0 Å². The van der Waals surface area contributed by atoms with E-state index in [9.17, 15) is 0 Å². The van der Waals surface area contributed by atoms with Crippen molar-refractivity contribution in [2.75, 3.05) is 19.5 Å². The molecular formula is C17H23NO2S. The molecule has 1 saturated carbocycles. The fourth-order valence-electron chi connectivity index (χ4n) is 2.91. The molecule has 1 aromatic rings. The number of rotatable bonds is 5. The topological polar surface area (TPSA) is 42.2 Å². The first-order valence-corrected chi connectivity index (χ1v) is 8.18. The number of thiol groups is 1. The zero-order chi connectivity index (χ0) is 15.1. The van der Waals surface area contributed by atoms with Gasteiger partial charge < -0.3 is 9.47 Å². The summed E-state index contributed by atoms with van der Waals surface area (Å²) in [7, 11) is 1.60. The van der Waals surface area contributed by atoms with Gasteiger partial charge in [-0.2, -0.15) is 17.9 Å². The SMILES string of the molecule is COc1cc(C#N)ccc1OCC1(CS)CCCCCC1. The minimum absolute atomic E-state index is 0.165. The fourth-order valence-corrected chi connectivity index (χ4v) is 3.32. The highest BCUT2D eigenvalue weighted by Gasteiger charge is 2.30. The van der Waals surface area contributed by atoms with Gasteiger partial charge >= 0.3 is 0 Å². The predicted octanol–water partition coefficient (Wildman–Crippen LogP) is 4.22. The van der Waals surface area contributed by atoms with Crippen LogP contribution in [0.3, 0.4) is 0 Å². The van der Waals surface area contributed by atoms with Crippen LogP contribution in [0.4, 0.5) is 0 Å². The summed E-state index contributed by atoms with van der Waals surface area (Å²) < 4.78 is 11.4. The molecule has 4 heteroatoms. The lowest BCUT2D eigenvalue weighted by atomic mass is 9.83. The van der Waals surface area contributed by atoms with Gasteiger partial charge in [0.1, 0.15) is 0 Å². The highest BCUT2D eigenvalue weighted by molar-refractivity contribution is 7.80. The predicted molar refractivity (Wildman–Crippen MR) is 87.2 cm³/mol. The molecule has 0 aromatic heterocycles. The third-order valence-electron chi connectivity index (χ3n) is 4.33. The summed E-state index contributed by atoms with van der Waals surface area (Å²) in [6, 6.07) is 7.41. The Hall–Kier alpha value is -1.34. The Morgan fingerprint density at radius 1 is 1.19 bits per heavy atom. The highest BCUT2D eigenvalue weighted by atomic mass is 32.1. The van der Waals surface area contributed by atoms with Gasteiger partial charge in [0.25, 0.3) is 0 Å². The highest BCUT2D eigenvalue weighted by Crippen LogP contribution is 2.38. The van der Waals surface area contributed by atoms with Crippen LogP contribution in [0.25, 0.3) is 0 Å². The van der Waals surface area contributed by atoms with Crippen LogP contribution in [0.1, 0.15) is 44.1 Å². The molecule has 0 aliphatic heterocycles. The van der Waals surface area contributed by atoms with Crippen molar-refractivity contribution in [2.24, 2.45) is 5.41 Å². The smallest absolute Gasteiger partial charge is 0.162 e. The normalized spacial score (nSPS) is 17.6. The zero-order valence-electron chi connectivity index (χ0n) is 12.6. The van der Waals surface area contributed by atoms with Crippen LogP contribution in [-0.2, 0) is 0 Å². The molecule has 1 aromatic carbocycles. The molecule has 1 aliphatic rings. The molecule has 0 atom stereocenters. The van der Waals surface area contributed by atoms with Crippen LogP contribution in [0, 0.1) is 16.7 Å². The number of hydrogen-bond donors (Lipinski definition) is 1. The van der Waals surface area contributed by atoms with Gasteiger partial charge in [-0.05, 0) is 30.7 Å². The van der Waals surface area contributed by atoms with Crippen LogP contribution in [0.15, 0.2) is 18.2 Å². The Balaban J connectivity index is 2.09. The van der Waals surface area contributed by atoms with E-state index < -0.39 is 0 Å². The first-order valence-electron chi connectivity index (χ1n) is 7.55. The molecule has 0 bridgehead atoms. The summed E-state index contributed by atoms with van der Waals surface area (Å²) in [4.78, 5) is 0. The molecule has 114 valence electrons. The number of hydrogen-bond acceptors (Lipinski definition) is 4. The maximum atomic E-state index is 8.94. The lowest BCUT2D eigenvalue weighted by Crippen LogP contribution is -2.30. The summed E-state index contributed by atoms with van der Waals surface area (Å²) in [5, 5.41) is 8.94. The Labute approximate surface area is 132 Å². The average molecular weight is 305 g/mol. The maximum absolute atomic E-state index is 8.94. The number of benzene rings is 1. The second-order valence-electron chi connectivity index (χ2n) is 5.84. The van der Waals surface area contributed by atoms with E-state index in [0.717, 1.165) is 5.75 Å². The van der Waals surface area contributed by atoms with Crippen molar-refractivity contribution < 1.29 is 9.47 Å². The van der Waals surface area contributed by atoms with Crippen LogP contribution in [-0.4, -0.2) is 19.5 Å². The van der Waals surface area contributed by atoms with Gasteiger partial charge in [0.15, 0.2) is 11.5 Å². The summed E-state index contributed by atoms with van der Waals surface area (Å²) in [5.41, 5.74) is 0.746. The van der Waals surface area contributed by atoms with Gasteiger partial charge in [0.05, 0.1) is 25.3 Å². The summed E-state index contributed by atoms with van der Waals surface area (Å²) in [6.45, 7) is 0.665. The quantitative estimate of drug-likeness (QED) is 0.654. The Kier molecular flexibility index (Phi) is 5.81. The standard InChI is InChI=1S/C17H23NO2S/c1-19-16-10-14(11-18)6-7-15(16)20-12-17(13-21)8-4-2-3-5-9-17/h6-7,10,21H,2-5,8-9,12-13H2,1H3. The molecule has 2 rings (SSSR count). The molecule has 0 amide bonds. The van der Waals surface area contributed by atoms with E-state index in [1.807, 2.05) is 6.07 Å². The number of nitrogens with zero attached hydrogens (tertiary/aromatic N) is 1. The molecule has 1 fully saturated rings. The van der Waals surface area contributed by atoms with Gasteiger partial charge in [-0.3, -0.25) is 0 Å². The molecular weight excluding hydrogens is 282 g/mol. The first-order chi connectivity index (χ1) is 10.2. The number of methoxy groups -OCH3 is 1. The summed E-state index contributed by atoms with van der Waals surface area (Å²) in [5.74, 6) is 2.19. The van der Waals surface area contributed by atoms with Gasteiger partial charge in [-0.1, -0.05) is 25.7 Å². The molecule has 0 unspecified atom stereocenters. The lowest BCUT2D eigenvalue weighted by Gasteiger charge is -2.31. The molecule has 0 spiro atoms. The molecule has 0 N–H and O–H groups in total. The van der Waals surface area contributed by atoms with E-state index in [4.69, 9.17) is 14.7 Å². The molecule has 21 heavy (non-hydrogen) atoms. The monoisotopic (exact) mass is 305 g/mol. The first kappa shape index (κ1) is 16.0. The van der Waals surface area contributed by atoms with Gasteiger partial charge in [-0.15, -0.1) is 0 Å². The Morgan fingerprint density at radius 2 is 1.90 bits per heavy atom. The molecule has 1 aliphatic carbocycles. The third-order valence-corrected chi connectivity index (χ3v) is 5.00. The molecule has 0 radical (unpaired) electrons. The van der Waals surface area contributed by atoms with Crippen molar-refractivity contribution in [2.45, 2.75) is 38.5 Å². The largest absolute Gasteiger partial charge is 0.493 e. The van der Waals surface area contributed by atoms with Gasteiger partial charge in [0.2, 0.25) is 0 Å². The maximum Gasteiger partial charge on any atom is 0.162 e. The van der Waals surface area contributed by atoms with Crippen molar-refractivity contribution in [3.8, 4) is 17.6 Å². The number of ether oxygens (including phenoxy) is 2. The fraction of sp³-hybridized carbons (Fsp3) is 0.588. The summed E-state index contributed by atoms with van der Waals surface area (Å²) in [6.07, 6.45) is 7.50. The molecule has 0 saturated heterocycles. The summed E-state index contributed by atoms with van der Waals surface area (Å²) >= 11 is 4.57. The van der Waals surface area contributed by atoms with E-state index in [0.29, 0.717) is 23.7 Å². The number of nitriles is 1. The van der Waals surface area contributed by atoms with Crippen LogP contribution in [0.5, 0.6) is 11.5 Å². The molecule has 3 nitrogen and oxygen atoms in total. The third kappa shape index (κ3) is 4.07. The Bertz CT molecular complexity index is 502. The average Bonchev–Trinajstić information content (AvgIpc) is 2.79. The van der Waals surface area contributed by atoms with E-state index in [2.05, 4.69) is 18.7 Å². The van der Waals surface area contributed by atoms with E-state index in [1.54, 1.807) is 19.2 Å². The minimum atomic E-state index is 0.165. The van der Waals surface area contributed by atoms with Crippen molar-refractivity contribution in [3.63, 3.8) is 0 Å². The van der Waals surface area contributed by atoms with Gasteiger partial charge in [0, 0.05) is 11.5 Å².